The van der Waals surface area contributed by atoms with Gasteiger partial charge in [0.15, 0.2) is 0 Å². The Morgan fingerprint density at radius 1 is 1.03 bits per heavy atom. The number of nitrogens with zero attached hydrogens (tertiary/aromatic N) is 3. The van der Waals surface area contributed by atoms with Gasteiger partial charge in [-0.05, 0) is 23.8 Å². The van der Waals surface area contributed by atoms with E-state index in [1.807, 2.05) is 107 Å². The van der Waals surface area contributed by atoms with Crippen LogP contribution >= 0.6 is 0 Å². The van der Waals surface area contributed by atoms with E-state index in [0.717, 1.165) is 16.8 Å². The molecule has 166 valence electrons. The Hall–Kier alpha value is -4.19. The van der Waals surface area contributed by atoms with Gasteiger partial charge in [0.1, 0.15) is 12.2 Å². The Bertz CT molecular complexity index is 1170. The van der Waals surface area contributed by atoms with Crippen LogP contribution in [0.1, 0.15) is 11.7 Å². The number of amides is 1. The SMILES string of the molecule is C=CCNC(=O)C(=O)C(Cc1ccccc1)N1C=CC=CC1n1ccc(-c2ccccc2)n1. The van der Waals surface area contributed by atoms with Gasteiger partial charge in [0, 0.05) is 30.9 Å². The predicted octanol–water partition coefficient (Wildman–Crippen LogP) is 3.92. The molecule has 0 bridgehead atoms. The molecule has 0 radical (unpaired) electrons. The second kappa shape index (κ2) is 10.4. The van der Waals surface area contributed by atoms with Crippen molar-refractivity contribution in [3.05, 3.63) is 116 Å². The van der Waals surface area contributed by atoms with E-state index in [1.54, 1.807) is 6.08 Å². The highest BCUT2D eigenvalue weighted by molar-refractivity contribution is 6.38. The number of ketones is 1. The molecular formula is C27H26N4O2. The highest BCUT2D eigenvalue weighted by Crippen LogP contribution is 2.26. The van der Waals surface area contributed by atoms with E-state index in [9.17, 15) is 9.59 Å². The first-order valence-corrected chi connectivity index (χ1v) is 10.9. The number of carbonyl (C=O) groups is 2. The first kappa shape index (κ1) is 22.0. The summed E-state index contributed by atoms with van der Waals surface area (Å²) >= 11 is 0. The normalized spacial score (nSPS) is 15.8. The van der Waals surface area contributed by atoms with Crippen molar-refractivity contribution in [3.63, 3.8) is 0 Å². The zero-order valence-electron chi connectivity index (χ0n) is 18.2. The van der Waals surface area contributed by atoms with Crippen molar-refractivity contribution in [1.29, 1.82) is 0 Å². The van der Waals surface area contributed by atoms with E-state index in [0.29, 0.717) is 6.42 Å². The van der Waals surface area contributed by atoms with Crippen LogP contribution in [0, 0.1) is 0 Å². The lowest BCUT2D eigenvalue weighted by Crippen LogP contribution is -2.49. The van der Waals surface area contributed by atoms with Crippen molar-refractivity contribution in [2.45, 2.75) is 18.6 Å². The van der Waals surface area contributed by atoms with Crippen molar-refractivity contribution in [2.24, 2.45) is 0 Å². The van der Waals surface area contributed by atoms with E-state index in [-0.39, 0.29) is 12.7 Å². The highest BCUT2D eigenvalue weighted by Gasteiger charge is 2.34. The molecule has 2 heterocycles. The zero-order chi connectivity index (χ0) is 23.0. The van der Waals surface area contributed by atoms with E-state index in [1.165, 1.54) is 0 Å². The van der Waals surface area contributed by atoms with Gasteiger partial charge in [0.05, 0.1) is 5.69 Å². The van der Waals surface area contributed by atoms with Crippen LogP contribution in [0.2, 0.25) is 0 Å². The van der Waals surface area contributed by atoms with Crippen LogP contribution in [-0.2, 0) is 16.0 Å². The molecule has 1 aliphatic heterocycles. The van der Waals surface area contributed by atoms with Gasteiger partial charge in [0.25, 0.3) is 5.91 Å². The number of allylic oxidation sites excluding steroid dienone is 2. The Kier molecular flexibility index (Phi) is 6.95. The number of hydrogen-bond donors (Lipinski definition) is 1. The Labute approximate surface area is 193 Å². The van der Waals surface area contributed by atoms with Gasteiger partial charge in [-0.1, -0.05) is 72.8 Å². The molecule has 0 fully saturated rings. The van der Waals surface area contributed by atoms with Crippen molar-refractivity contribution in [3.8, 4) is 11.3 Å². The summed E-state index contributed by atoms with van der Waals surface area (Å²) in [6.07, 6.45) is 11.1. The second-order valence-corrected chi connectivity index (χ2v) is 7.70. The van der Waals surface area contributed by atoms with Gasteiger partial charge in [0.2, 0.25) is 5.78 Å². The molecule has 6 nitrogen and oxygen atoms in total. The van der Waals surface area contributed by atoms with Crippen molar-refractivity contribution in [2.75, 3.05) is 6.54 Å². The van der Waals surface area contributed by atoms with Gasteiger partial charge in [-0.2, -0.15) is 5.10 Å². The number of benzene rings is 2. The highest BCUT2D eigenvalue weighted by atomic mass is 16.2. The number of rotatable bonds is 9. The molecule has 0 spiro atoms. The molecule has 0 aliphatic carbocycles. The number of hydrogen-bond acceptors (Lipinski definition) is 4. The number of nitrogens with one attached hydrogen (secondary N) is 1. The van der Waals surface area contributed by atoms with Crippen molar-refractivity contribution < 1.29 is 9.59 Å². The third kappa shape index (κ3) is 5.18. The first-order valence-electron chi connectivity index (χ1n) is 10.9. The van der Waals surface area contributed by atoms with E-state index >= 15 is 0 Å². The van der Waals surface area contributed by atoms with E-state index in [4.69, 9.17) is 5.10 Å². The fraction of sp³-hybridized carbons (Fsp3) is 0.148. The predicted molar refractivity (Wildman–Crippen MR) is 129 cm³/mol. The van der Waals surface area contributed by atoms with Gasteiger partial charge in [-0.25, -0.2) is 4.68 Å². The molecule has 2 unspecified atom stereocenters. The summed E-state index contributed by atoms with van der Waals surface area (Å²) in [5.74, 6) is -1.12. The standard InChI is InChI=1S/C27H26N4O2/c1-2-17-28-27(33)26(32)24(20-21-11-5-3-6-12-21)30-18-10-9-15-25(30)31-19-16-23(29-31)22-13-7-4-8-14-22/h2-16,18-19,24-25H,1,17,20H2,(H,28,33). The molecule has 0 saturated carbocycles. The van der Waals surface area contributed by atoms with Crippen molar-refractivity contribution in [1.82, 2.24) is 20.0 Å². The van der Waals surface area contributed by atoms with Crippen LogP contribution in [0.3, 0.4) is 0 Å². The summed E-state index contributed by atoms with van der Waals surface area (Å²) in [6, 6.07) is 20.9. The molecule has 2 atom stereocenters. The van der Waals surface area contributed by atoms with Gasteiger partial charge in [-0.15, -0.1) is 6.58 Å². The fourth-order valence-corrected chi connectivity index (χ4v) is 3.84. The molecule has 1 aromatic heterocycles. The minimum Gasteiger partial charge on any atom is -0.346 e. The van der Waals surface area contributed by atoms with Crippen LogP contribution in [0.25, 0.3) is 11.3 Å². The maximum absolute atomic E-state index is 13.3. The molecule has 1 amide bonds. The molecule has 4 rings (SSSR count). The van der Waals surface area contributed by atoms with Gasteiger partial charge >= 0.3 is 0 Å². The minimum absolute atomic E-state index is 0.237. The molecular weight excluding hydrogens is 412 g/mol. The molecule has 1 aliphatic rings. The van der Waals surface area contributed by atoms with Gasteiger partial charge in [-0.3, -0.25) is 9.59 Å². The maximum Gasteiger partial charge on any atom is 0.289 e. The molecule has 33 heavy (non-hydrogen) atoms. The quantitative estimate of drug-likeness (QED) is 0.406. The van der Waals surface area contributed by atoms with E-state index < -0.39 is 17.7 Å². The number of Topliss-reactive ketones (excluding diaryl/α,β-unsaturated/α-hetero) is 1. The number of carbonyl (C=O) groups excluding carboxylic acids is 2. The summed E-state index contributed by atoms with van der Waals surface area (Å²) in [5, 5.41) is 7.38. The van der Waals surface area contributed by atoms with Crippen molar-refractivity contribution >= 4 is 11.7 Å². The fourth-order valence-electron chi connectivity index (χ4n) is 3.84. The Morgan fingerprint density at radius 3 is 2.48 bits per heavy atom. The molecule has 3 aromatic rings. The molecule has 0 saturated heterocycles. The maximum atomic E-state index is 13.3. The summed E-state index contributed by atoms with van der Waals surface area (Å²) in [7, 11) is 0. The average Bonchev–Trinajstić information content (AvgIpc) is 3.37. The Morgan fingerprint density at radius 2 is 1.76 bits per heavy atom. The van der Waals surface area contributed by atoms with Crippen LogP contribution in [0.4, 0.5) is 0 Å². The van der Waals surface area contributed by atoms with Gasteiger partial charge < -0.3 is 10.2 Å². The van der Waals surface area contributed by atoms with Crippen LogP contribution in [0.5, 0.6) is 0 Å². The zero-order valence-corrected chi connectivity index (χ0v) is 18.2. The van der Waals surface area contributed by atoms with Crippen LogP contribution < -0.4 is 5.32 Å². The molecule has 2 aromatic carbocycles. The van der Waals surface area contributed by atoms with Crippen LogP contribution in [0.15, 0.2) is 110 Å². The summed E-state index contributed by atoms with van der Waals surface area (Å²) in [6.45, 7) is 3.84. The average molecular weight is 439 g/mol. The minimum atomic E-state index is -0.701. The van der Waals surface area contributed by atoms with E-state index in [2.05, 4.69) is 11.9 Å². The third-order valence-electron chi connectivity index (χ3n) is 5.47. The summed E-state index contributed by atoms with van der Waals surface area (Å²) in [5.41, 5.74) is 2.83. The first-order chi connectivity index (χ1) is 16.2. The lowest BCUT2D eigenvalue weighted by Gasteiger charge is -2.36. The lowest BCUT2D eigenvalue weighted by atomic mass is 9.99. The monoisotopic (exact) mass is 438 g/mol. The molecule has 1 N–H and O–H groups in total. The largest absolute Gasteiger partial charge is 0.346 e. The Balaban J connectivity index is 1.65. The third-order valence-corrected chi connectivity index (χ3v) is 5.47. The molecule has 6 heteroatoms. The summed E-state index contributed by atoms with van der Waals surface area (Å²) < 4.78 is 1.81. The topological polar surface area (TPSA) is 67.2 Å². The summed E-state index contributed by atoms with van der Waals surface area (Å²) in [4.78, 5) is 27.8. The second-order valence-electron chi connectivity index (χ2n) is 7.70. The smallest absolute Gasteiger partial charge is 0.289 e. The lowest BCUT2D eigenvalue weighted by molar-refractivity contribution is -0.141. The number of aromatic nitrogens is 2. The van der Waals surface area contributed by atoms with Crippen LogP contribution in [-0.4, -0.2) is 39.0 Å².